The molecule has 0 bridgehead atoms. The van der Waals surface area contributed by atoms with Gasteiger partial charge in [0.15, 0.2) is 12.6 Å². The predicted octanol–water partition coefficient (Wildman–Crippen LogP) is -0.215. The molecule has 11 heavy (non-hydrogen) atoms. The zero-order chi connectivity index (χ0) is 8.20. The number of hydrogen-bond acceptors (Lipinski definition) is 0. The second-order valence-electron chi connectivity index (χ2n) is 2.47. The Kier molecular flexibility index (Phi) is 7.12. The third kappa shape index (κ3) is 3.87. The predicted molar refractivity (Wildman–Crippen MR) is 37.4 cm³/mol. The maximum absolute atomic E-state index is 12.8. The van der Waals surface area contributed by atoms with Crippen molar-refractivity contribution >= 4 is 0 Å². The van der Waals surface area contributed by atoms with Gasteiger partial charge in [0.25, 0.3) is 0 Å². The van der Waals surface area contributed by atoms with Gasteiger partial charge in [-0.3, -0.25) is 0 Å². The van der Waals surface area contributed by atoms with Crippen LogP contribution in [0.15, 0.2) is 0 Å². The molecule has 0 saturated heterocycles. The van der Waals surface area contributed by atoms with Crippen molar-refractivity contribution in [2.24, 2.45) is 0 Å². The summed E-state index contributed by atoms with van der Waals surface area (Å²) in [7, 11) is 0. The monoisotopic (exact) mass is 187 g/mol. The Labute approximate surface area is 73.3 Å². The van der Waals surface area contributed by atoms with Crippen LogP contribution >= 0.6 is 0 Å². The lowest BCUT2D eigenvalue weighted by Crippen LogP contribution is -3.00. The van der Waals surface area contributed by atoms with Gasteiger partial charge < -0.3 is 12.4 Å². The van der Waals surface area contributed by atoms with Crippen molar-refractivity contribution in [3.8, 4) is 0 Å². The minimum atomic E-state index is -1.83. The maximum Gasteiger partial charge on any atom is 0.164 e. The van der Waals surface area contributed by atoms with E-state index in [1.165, 1.54) is 6.92 Å². The first-order chi connectivity index (χ1) is 4.58. The summed E-state index contributed by atoms with van der Waals surface area (Å²) in [6.45, 7) is 5.02. The molecule has 0 aliphatic carbocycles. The average Bonchev–Trinajstić information content (AvgIpc) is 1.90. The molecular formula is C7H16ClF2N. The Bertz CT molecular complexity index is 94.4. The number of rotatable bonds is 4. The molecule has 1 nitrogen and oxygen atoms in total. The fourth-order valence-electron chi connectivity index (χ4n) is 1.08. The summed E-state index contributed by atoms with van der Waals surface area (Å²) in [5.41, 5.74) is 0. The number of quaternary nitrogens is 1. The summed E-state index contributed by atoms with van der Waals surface area (Å²) < 4.78 is 25.5. The minimum absolute atomic E-state index is 0. The number of nitrogens with zero attached hydrogens (tertiary/aromatic N) is 1. The molecule has 0 aliphatic rings. The molecule has 0 saturated carbocycles. The molecule has 0 amide bonds. The van der Waals surface area contributed by atoms with Crippen molar-refractivity contribution < 1.29 is 26.3 Å². The van der Waals surface area contributed by atoms with Crippen molar-refractivity contribution in [3.63, 3.8) is 0 Å². The molecule has 0 aromatic heterocycles. The van der Waals surface area contributed by atoms with Crippen LogP contribution in [0.2, 0.25) is 0 Å². The van der Waals surface area contributed by atoms with Gasteiger partial charge in [-0.2, -0.15) is 0 Å². The van der Waals surface area contributed by atoms with Gasteiger partial charge in [0, 0.05) is 21.8 Å². The third-order valence-electron chi connectivity index (χ3n) is 1.90. The molecule has 0 radical (unpaired) electrons. The van der Waals surface area contributed by atoms with E-state index in [0.29, 0.717) is 12.8 Å². The molecule has 0 unspecified atom stereocenters. The summed E-state index contributed by atoms with van der Waals surface area (Å²) in [4.78, 5) is -1.83. The Morgan fingerprint density at radius 2 is 1.45 bits per heavy atom. The van der Waals surface area contributed by atoms with E-state index in [9.17, 15) is 8.96 Å². The van der Waals surface area contributed by atoms with E-state index < -0.39 is 11.0 Å². The zero-order valence-electron chi connectivity index (χ0n) is 7.28. The Morgan fingerprint density at radius 1 is 1.09 bits per heavy atom. The van der Waals surface area contributed by atoms with Crippen molar-refractivity contribution in [1.29, 1.82) is 0 Å². The fourth-order valence-corrected chi connectivity index (χ4v) is 1.08. The summed E-state index contributed by atoms with van der Waals surface area (Å²) in [5, 5.41) is 0. The Balaban J connectivity index is 0. The molecule has 0 aromatic rings. The second-order valence-corrected chi connectivity index (χ2v) is 2.47. The van der Waals surface area contributed by atoms with Gasteiger partial charge in [0.2, 0.25) is 0 Å². The summed E-state index contributed by atoms with van der Waals surface area (Å²) in [5.74, 6) is 0. The van der Waals surface area contributed by atoms with Crippen molar-refractivity contribution in [2.75, 3.05) is 6.54 Å². The van der Waals surface area contributed by atoms with Crippen LogP contribution in [0, 0.1) is 0 Å². The standard InChI is InChI=1S/C7H16F2N.ClH/c1-4-7(5-2)10(8,9)6-3;/h7H,4-6H2,1-3H3;1H/q+1;/p-1. The fraction of sp³-hybridized carbons (Fsp3) is 1.00. The molecule has 70 valence electrons. The SMILES string of the molecule is CCC(CC)[N+](F)(F)CC.[Cl-]. The van der Waals surface area contributed by atoms with E-state index in [0.717, 1.165) is 0 Å². The summed E-state index contributed by atoms with van der Waals surface area (Å²) in [6, 6.07) is -0.481. The first kappa shape index (κ1) is 13.7. The van der Waals surface area contributed by atoms with E-state index in [-0.39, 0.29) is 19.0 Å². The van der Waals surface area contributed by atoms with Gasteiger partial charge in [0.05, 0.1) is 4.93 Å². The van der Waals surface area contributed by atoms with Crippen LogP contribution in [0.5, 0.6) is 0 Å². The van der Waals surface area contributed by atoms with Crippen LogP contribution in [0.1, 0.15) is 33.6 Å². The van der Waals surface area contributed by atoms with Crippen LogP contribution < -0.4 is 12.4 Å². The summed E-state index contributed by atoms with van der Waals surface area (Å²) in [6.07, 6.45) is 1.11. The normalized spacial score (nSPS) is 11.5. The zero-order valence-corrected chi connectivity index (χ0v) is 8.04. The molecule has 0 aromatic carbocycles. The molecule has 0 fully saturated rings. The Morgan fingerprint density at radius 3 is 1.55 bits per heavy atom. The van der Waals surface area contributed by atoms with Gasteiger partial charge in [-0.1, -0.05) is 13.8 Å². The summed E-state index contributed by atoms with van der Waals surface area (Å²) >= 11 is 0. The van der Waals surface area contributed by atoms with Crippen molar-refractivity contribution in [3.05, 3.63) is 0 Å². The first-order valence-electron chi connectivity index (χ1n) is 3.85. The van der Waals surface area contributed by atoms with E-state index in [1.54, 1.807) is 13.8 Å². The van der Waals surface area contributed by atoms with Crippen molar-refractivity contribution in [2.45, 2.75) is 39.7 Å². The van der Waals surface area contributed by atoms with Crippen LogP contribution in [0.4, 0.5) is 8.96 Å². The molecule has 0 rings (SSSR count). The number of hydrogen-bond donors (Lipinski definition) is 0. The molecule has 0 N–H and O–H groups in total. The van der Waals surface area contributed by atoms with E-state index >= 15 is 0 Å². The van der Waals surface area contributed by atoms with Gasteiger partial charge in [-0.05, 0) is 6.92 Å². The second kappa shape index (κ2) is 5.72. The van der Waals surface area contributed by atoms with Gasteiger partial charge in [0.1, 0.15) is 0 Å². The molecular weight excluding hydrogens is 172 g/mol. The Hall–Kier alpha value is 0.110. The quantitative estimate of drug-likeness (QED) is 0.535. The van der Waals surface area contributed by atoms with Crippen LogP contribution in [0.3, 0.4) is 0 Å². The molecule has 0 aliphatic heterocycles. The molecule has 4 heteroatoms. The largest absolute Gasteiger partial charge is 1.00 e. The lowest BCUT2D eigenvalue weighted by Gasteiger charge is -2.19. The average molecular weight is 188 g/mol. The lowest BCUT2D eigenvalue weighted by molar-refractivity contribution is -1.18. The van der Waals surface area contributed by atoms with E-state index in [2.05, 4.69) is 0 Å². The molecule has 0 atom stereocenters. The molecule has 0 spiro atoms. The lowest BCUT2D eigenvalue weighted by atomic mass is 10.2. The highest BCUT2D eigenvalue weighted by Crippen LogP contribution is 2.20. The minimum Gasteiger partial charge on any atom is -1.00 e. The smallest absolute Gasteiger partial charge is 0.164 e. The highest BCUT2D eigenvalue weighted by molar-refractivity contribution is 4.47. The van der Waals surface area contributed by atoms with Crippen LogP contribution in [0.25, 0.3) is 0 Å². The van der Waals surface area contributed by atoms with Crippen LogP contribution in [-0.4, -0.2) is 17.5 Å². The van der Waals surface area contributed by atoms with Crippen molar-refractivity contribution in [1.82, 2.24) is 0 Å². The van der Waals surface area contributed by atoms with Crippen LogP contribution in [-0.2, 0) is 0 Å². The highest BCUT2D eigenvalue weighted by atomic mass is 35.5. The number of halogens is 3. The van der Waals surface area contributed by atoms with E-state index in [4.69, 9.17) is 0 Å². The topological polar surface area (TPSA) is 0 Å². The first-order valence-corrected chi connectivity index (χ1v) is 3.85. The van der Waals surface area contributed by atoms with E-state index in [1.807, 2.05) is 0 Å². The van der Waals surface area contributed by atoms with Gasteiger partial charge in [-0.25, -0.2) is 0 Å². The molecule has 0 heterocycles. The van der Waals surface area contributed by atoms with Gasteiger partial charge in [-0.15, -0.1) is 0 Å². The highest BCUT2D eigenvalue weighted by Gasteiger charge is 2.36. The van der Waals surface area contributed by atoms with Gasteiger partial charge >= 0.3 is 0 Å². The maximum atomic E-state index is 12.8. The third-order valence-corrected chi connectivity index (χ3v) is 1.90.